The number of methoxy groups -OCH3 is 1. The number of hydrogen-bond donors (Lipinski definition) is 0. The fourth-order valence-electron chi connectivity index (χ4n) is 2.27. The summed E-state index contributed by atoms with van der Waals surface area (Å²) in [6.07, 6.45) is 0.186. The number of ether oxygens (including phenoxy) is 1. The van der Waals surface area contributed by atoms with Crippen LogP contribution < -0.4 is 4.74 Å². The molecule has 0 unspecified atom stereocenters. The molecule has 0 atom stereocenters. The van der Waals surface area contributed by atoms with Gasteiger partial charge in [0.05, 0.1) is 7.11 Å². The maximum absolute atomic E-state index is 12.5. The molecule has 4 heteroatoms. The van der Waals surface area contributed by atoms with E-state index >= 15 is 0 Å². The molecule has 0 N–H and O–H groups in total. The zero-order valence-corrected chi connectivity index (χ0v) is 13.7. The van der Waals surface area contributed by atoms with Crippen molar-refractivity contribution < 1.29 is 9.53 Å². The number of ketones is 1. The third-order valence-corrected chi connectivity index (χ3v) is 4.15. The zero-order valence-electron chi connectivity index (χ0n) is 12.2. The van der Waals surface area contributed by atoms with Crippen LogP contribution in [0.5, 0.6) is 5.75 Å². The van der Waals surface area contributed by atoms with E-state index in [1.54, 1.807) is 25.3 Å². The van der Waals surface area contributed by atoms with Crippen LogP contribution in [0.1, 0.15) is 27.0 Å². The molecular weight excluding hydrogens is 307 g/mol. The Labute approximate surface area is 134 Å². The van der Waals surface area contributed by atoms with E-state index in [1.807, 2.05) is 26.0 Å². The van der Waals surface area contributed by atoms with E-state index in [0.29, 0.717) is 21.2 Å². The summed E-state index contributed by atoms with van der Waals surface area (Å²) in [6.45, 7) is 3.81. The van der Waals surface area contributed by atoms with Crippen molar-refractivity contribution in [2.24, 2.45) is 0 Å². The number of carbonyl (C=O) groups is 1. The molecule has 0 aliphatic rings. The Morgan fingerprint density at radius 2 is 1.71 bits per heavy atom. The first-order valence-electron chi connectivity index (χ1n) is 6.55. The van der Waals surface area contributed by atoms with Gasteiger partial charge in [0.25, 0.3) is 0 Å². The van der Waals surface area contributed by atoms with Crippen LogP contribution in [-0.2, 0) is 6.42 Å². The molecule has 0 saturated carbocycles. The van der Waals surface area contributed by atoms with Crippen molar-refractivity contribution in [3.8, 4) is 5.75 Å². The second-order valence-electron chi connectivity index (χ2n) is 4.94. The van der Waals surface area contributed by atoms with Gasteiger partial charge in [-0.2, -0.15) is 0 Å². The summed E-state index contributed by atoms with van der Waals surface area (Å²) >= 11 is 12.2. The van der Waals surface area contributed by atoms with Crippen molar-refractivity contribution in [3.63, 3.8) is 0 Å². The summed E-state index contributed by atoms with van der Waals surface area (Å²) in [5.74, 6) is 0.771. The van der Waals surface area contributed by atoms with Crippen LogP contribution in [0.3, 0.4) is 0 Å². The number of halogens is 2. The van der Waals surface area contributed by atoms with E-state index in [-0.39, 0.29) is 12.2 Å². The van der Waals surface area contributed by atoms with Crippen molar-refractivity contribution in [3.05, 3.63) is 62.6 Å². The van der Waals surface area contributed by atoms with Crippen LogP contribution >= 0.6 is 23.2 Å². The smallest absolute Gasteiger partial charge is 0.167 e. The van der Waals surface area contributed by atoms with Gasteiger partial charge >= 0.3 is 0 Å². The molecule has 0 saturated heterocycles. The molecule has 0 aliphatic carbocycles. The van der Waals surface area contributed by atoms with Crippen molar-refractivity contribution in [2.75, 3.05) is 7.11 Å². The summed E-state index contributed by atoms with van der Waals surface area (Å²) in [7, 11) is 1.62. The summed E-state index contributed by atoms with van der Waals surface area (Å²) in [6, 6.07) is 8.96. The minimum Gasteiger partial charge on any atom is -0.496 e. The van der Waals surface area contributed by atoms with E-state index < -0.39 is 0 Å². The number of aryl methyl sites for hydroxylation is 2. The van der Waals surface area contributed by atoms with Gasteiger partial charge in [-0.15, -0.1) is 0 Å². The van der Waals surface area contributed by atoms with E-state index in [9.17, 15) is 4.79 Å². The predicted molar refractivity (Wildman–Crippen MR) is 87.0 cm³/mol. The molecule has 2 aromatic rings. The maximum Gasteiger partial charge on any atom is 0.167 e. The second-order valence-corrected chi connectivity index (χ2v) is 5.75. The summed E-state index contributed by atoms with van der Waals surface area (Å²) in [4.78, 5) is 12.5. The topological polar surface area (TPSA) is 26.3 Å². The average Bonchev–Trinajstić information content (AvgIpc) is 2.44. The van der Waals surface area contributed by atoms with Gasteiger partial charge in [0.1, 0.15) is 5.75 Å². The minimum atomic E-state index is -0.00625. The lowest BCUT2D eigenvalue weighted by Crippen LogP contribution is -2.07. The molecule has 0 heterocycles. The minimum absolute atomic E-state index is 0.00625. The van der Waals surface area contributed by atoms with Crippen molar-refractivity contribution in [2.45, 2.75) is 20.3 Å². The SMILES string of the molecule is COc1cc(C)c(C(=O)Cc2c(Cl)cccc2Cl)cc1C. The second kappa shape index (κ2) is 6.50. The summed E-state index contributed by atoms with van der Waals surface area (Å²) in [5, 5.41) is 1.03. The molecule has 2 rings (SSSR count). The first-order chi connectivity index (χ1) is 9.93. The first-order valence-corrected chi connectivity index (χ1v) is 7.31. The molecule has 0 radical (unpaired) electrons. The monoisotopic (exact) mass is 322 g/mol. The fourth-order valence-corrected chi connectivity index (χ4v) is 2.80. The Hall–Kier alpha value is -1.51. The highest BCUT2D eigenvalue weighted by Gasteiger charge is 2.16. The van der Waals surface area contributed by atoms with E-state index in [2.05, 4.69) is 0 Å². The third kappa shape index (κ3) is 3.39. The quantitative estimate of drug-likeness (QED) is 0.737. The van der Waals surface area contributed by atoms with Crippen molar-refractivity contribution in [1.82, 2.24) is 0 Å². The van der Waals surface area contributed by atoms with Crippen LogP contribution in [0.4, 0.5) is 0 Å². The van der Waals surface area contributed by atoms with Crippen LogP contribution in [0.15, 0.2) is 30.3 Å². The zero-order chi connectivity index (χ0) is 15.6. The fraction of sp³-hybridized carbons (Fsp3) is 0.235. The molecule has 21 heavy (non-hydrogen) atoms. The first kappa shape index (κ1) is 15.9. The lowest BCUT2D eigenvalue weighted by atomic mass is 9.97. The summed E-state index contributed by atoms with van der Waals surface area (Å²) < 4.78 is 5.26. The van der Waals surface area contributed by atoms with Gasteiger partial charge in [-0.05, 0) is 54.8 Å². The van der Waals surface area contributed by atoms with Gasteiger partial charge in [-0.3, -0.25) is 4.79 Å². The highest BCUT2D eigenvalue weighted by molar-refractivity contribution is 6.36. The Morgan fingerprint density at radius 3 is 2.29 bits per heavy atom. The Balaban J connectivity index is 2.35. The standard InChI is InChI=1S/C17H16Cl2O2/c1-10-8-17(21-3)11(2)7-12(10)16(20)9-13-14(18)5-4-6-15(13)19/h4-8H,9H2,1-3H3. The lowest BCUT2D eigenvalue weighted by molar-refractivity contribution is 0.0992. The van der Waals surface area contributed by atoms with Crippen molar-refractivity contribution in [1.29, 1.82) is 0 Å². The van der Waals surface area contributed by atoms with E-state index in [0.717, 1.165) is 16.9 Å². The predicted octanol–water partition coefficient (Wildman–Crippen LogP) is 5.04. The van der Waals surface area contributed by atoms with Crippen LogP contribution in [0.2, 0.25) is 10.0 Å². The lowest BCUT2D eigenvalue weighted by Gasteiger charge is -2.12. The molecule has 0 aromatic heterocycles. The normalized spacial score (nSPS) is 10.5. The van der Waals surface area contributed by atoms with Gasteiger partial charge in [0, 0.05) is 22.0 Å². The molecule has 0 aliphatic heterocycles. The Bertz CT molecular complexity index is 673. The van der Waals surface area contributed by atoms with Gasteiger partial charge in [-0.25, -0.2) is 0 Å². The van der Waals surface area contributed by atoms with Crippen LogP contribution in [0, 0.1) is 13.8 Å². The van der Waals surface area contributed by atoms with Crippen LogP contribution in [-0.4, -0.2) is 12.9 Å². The van der Waals surface area contributed by atoms with Gasteiger partial charge < -0.3 is 4.74 Å². The third-order valence-electron chi connectivity index (χ3n) is 3.44. The molecule has 0 bridgehead atoms. The molecule has 110 valence electrons. The molecule has 0 fully saturated rings. The molecule has 0 spiro atoms. The van der Waals surface area contributed by atoms with Gasteiger partial charge in [-0.1, -0.05) is 29.3 Å². The molecule has 2 aromatic carbocycles. The highest BCUT2D eigenvalue weighted by Crippen LogP contribution is 2.28. The number of Topliss-reactive ketones (excluding diaryl/α,β-unsaturated/α-hetero) is 1. The maximum atomic E-state index is 12.5. The molecule has 0 amide bonds. The highest BCUT2D eigenvalue weighted by atomic mass is 35.5. The number of hydrogen-bond acceptors (Lipinski definition) is 2. The average molecular weight is 323 g/mol. The summed E-state index contributed by atoms with van der Waals surface area (Å²) in [5.41, 5.74) is 3.14. The van der Waals surface area contributed by atoms with E-state index in [4.69, 9.17) is 27.9 Å². The van der Waals surface area contributed by atoms with Gasteiger partial charge in [0.15, 0.2) is 5.78 Å². The number of rotatable bonds is 4. The van der Waals surface area contributed by atoms with E-state index in [1.165, 1.54) is 0 Å². The van der Waals surface area contributed by atoms with Crippen LogP contribution in [0.25, 0.3) is 0 Å². The number of carbonyl (C=O) groups excluding carboxylic acids is 1. The van der Waals surface area contributed by atoms with Crippen molar-refractivity contribution >= 4 is 29.0 Å². The van der Waals surface area contributed by atoms with Gasteiger partial charge in [0.2, 0.25) is 0 Å². The largest absolute Gasteiger partial charge is 0.496 e. The molecular formula is C17H16Cl2O2. The number of benzene rings is 2. The Morgan fingerprint density at radius 1 is 1.10 bits per heavy atom. The molecule has 2 nitrogen and oxygen atoms in total. The Kier molecular flexibility index (Phi) is 4.92.